The van der Waals surface area contributed by atoms with Crippen molar-refractivity contribution in [3.63, 3.8) is 0 Å². The van der Waals surface area contributed by atoms with Crippen LogP contribution in [0, 0.1) is 5.92 Å². The van der Waals surface area contributed by atoms with E-state index in [9.17, 15) is 19.5 Å². The number of ether oxygens (including phenoxy) is 1. The summed E-state index contributed by atoms with van der Waals surface area (Å²) >= 11 is 0. The third-order valence-electron chi connectivity index (χ3n) is 5.19. The number of methoxy groups -OCH3 is 1. The van der Waals surface area contributed by atoms with Gasteiger partial charge in [0, 0.05) is 29.7 Å². The summed E-state index contributed by atoms with van der Waals surface area (Å²) in [5, 5.41) is 15.6. The number of amides is 2. The van der Waals surface area contributed by atoms with Crippen LogP contribution in [0.25, 0.3) is 10.9 Å². The zero-order chi connectivity index (χ0) is 24.0. The Morgan fingerprint density at radius 1 is 1.12 bits per heavy atom. The summed E-state index contributed by atoms with van der Waals surface area (Å²) in [5.74, 6) is -1.47. The fraction of sp³-hybridized carbons (Fsp3) is 0.333. The molecule has 9 heteroatoms. The molecule has 33 heavy (non-hydrogen) atoms. The normalized spacial score (nSPS) is 12.8. The number of carbonyl (C=O) groups is 3. The first kappa shape index (κ1) is 23.8. The first-order chi connectivity index (χ1) is 15.8. The summed E-state index contributed by atoms with van der Waals surface area (Å²) in [6.45, 7) is 3.84. The molecule has 0 saturated heterocycles. The van der Waals surface area contributed by atoms with Crippen molar-refractivity contribution in [3.05, 3.63) is 60.0 Å². The maximum atomic E-state index is 13.0. The number of nitrogens with zero attached hydrogens (tertiary/aromatic N) is 1. The highest BCUT2D eigenvalue weighted by molar-refractivity contribution is 6.01. The second-order valence-corrected chi connectivity index (χ2v) is 8.22. The molecule has 3 aromatic rings. The average Bonchev–Trinajstić information content (AvgIpc) is 3.23. The number of aromatic nitrogens is 2. The molecule has 1 aromatic carbocycles. The number of nitrogens with one attached hydrogen (secondary N) is 3. The molecule has 9 nitrogen and oxygen atoms in total. The minimum atomic E-state index is -1.16. The molecule has 3 rings (SSSR count). The fourth-order valence-corrected chi connectivity index (χ4v) is 3.59. The lowest BCUT2D eigenvalue weighted by molar-refractivity contribution is -0.142. The summed E-state index contributed by atoms with van der Waals surface area (Å²) < 4.78 is 5.33. The van der Waals surface area contributed by atoms with E-state index in [1.165, 1.54) is 0 Å². The minimum absolute atomic E-state index is 0.0824. The number of pyridine rings is 1. The second-order valence-electron chi connectivity index (χ2n) is 8.22. The van der Waals surface area contributed by atoms with Gasteiger partial charge in [0.05, 0.1) is 7.11 Å². The molecule has 2 aromatic heterocycles. The number of aliphatic carboxylic acids is 1. The Hall–Kier alpha value is -3.88. The maximum absolute atomic E-state index is 13.0. The molecule has 0 fully saturated rings. The van der Waals surface area contributed by atoms with Crippen molar-refractivity contribution in [2.45, 2.75) is 38.8 Å². The van der Waals surface area contributed by atoms with Crippen LogP contribution < -0.4 is 15.4 Å². The number of hydrogen-bond acceptors (Lipinski definition) is 5. The molecule has 174 valence electrons. The van der Waals surface area contributed by atoms with E-state index >= 15 is 0 Å². The Bertz CT molecular complexity index is 1130. The quantitative estimate of drug-likeness (QED) is 0.374. The van der Waals surface area contributed by atoms with Gasteiger partial charge in [-0.15, -0.1) is 0 Å². The monoisotopic (exact) mass is 452 g/mol. The molecule has 0 radical (unpaired) electrons. The van der Waals surface area contributed by atoms with Crippen molar-refractivity contribution in [1.82, 2.24) is 20.6 Å². The Morgan fingerprint density at radius 2 is 1.91 bits per heavy atom. The van der Waals surface area contributed by atoms with Gasteiger partial charge in [0.25, 0.3) is 5.91 Å². The van der Waals surface area contributed by atoms with E-state index in [1.807, 2.05) is 26.0 Å². The van der Waals surface area contributed by atoms with Crippen molar-refractivity contribution in [3.8, 4) is 5.75 Å². The third kappa shape index (κ3) is 6.09. The Kier molecular flexibility index (Phi) is 7.66. The summed E-state index contributed by atoms with van der Waals surface area (Å²) in [5.41, 5.74) is 1.69. The Labute approximate surface area is 191 Å². The molecule has 0 bridgehead atoms. The van der Waals surface area contributed by atoms with Gasteiger partial charge in [0.2, 0.25) is 5.91 Å². The first-order valence-electron chi connectivity index (χ1n) is 10.7. The third-order valence-corrected chi connectivity index (χ3v) is 5.19. The van der Waals surface area contributed by atoms with Crippen molar-refractivity contribution in [2.24, 2.45) is 5.92 Å². The lowest BCUT2D eigenvalue weighted by atomic mass is 10.0. The van der Waals surface area contributed by atoms with E-state index in [1.54, 1.807) is 43.8 Å². The number of carboxylic acids is 1. The van der Waals surface area contributed by atoms with Crippen LogP contribution in [0.1, 0.15) is 36.3 Å². The lowest BCUT2D eigenvalue weighted by Crippen LogP contribution is -2.52. The molecule has 4 N–H and O–H groups in total. The van der Waals surface area contributed by atoms with Crippen molar-refractivity contribution < 1.29 is 24.2 Å². The van der Waals surface area contributed by atoms with E-state index in [2.05, 4.69) is 20.6 Å². The number of carbonyl (C=O) groups excluding carboxylic acids is 2. The highest BCUT2D eigenvalue weighted by Crippen LogP contribution is 2.26. The van der Waals surface area contributed by atoms with E-state index < -0.39 is 29.9 Å². The molecular weight excluding hydrogens is 424 g/mol. The molecule has 0 unspecified atom stereocenters. The molecule has 0 aliphatic heterocycles. The predicted octanol–water partition coefficient (Wildman–Crippen LogP) is 2.53. The van der Waals surface area contributed by atoms with Crippen molar-refractivity contribution in [2.75, 3.05) is 7.11 Å². The highest BCUT2D eigenvalue weighted by atomic mass is 16.5. The van der Waals surface area contributed by atoms with Crippen LogP contribution in [-0.2, 0) is 16.0 Å². The van der Waals surface area contributed by atoms with E-state index in [4.69, 9.17) is 4.74 Å². The number of aromatic amines is 1. The molecule has 2 heterocycles. The average molecular weight is 453 g/mol. The summed E-state index contributed by atoms with van der Waals surface area (Å²) in [4.78, 5) is 44.7. The SMILES string of the molecule is COc1cccc2[nH]c(C(=O)N[C@@H](CC(C)C)C(=O)N[C@@H](Cc3cccnc3)C(=O)O)cc12. The Morgan fingerprint density at radius 3 is 2.55 bits per heavy atom. The standard InChI is InChI=1S/C24H28N4O5/c1-14(2)10-18(22(29)28-20(24(31)32)11-15-6-5-9-25-13-15)27-23(30)19-12-16-17(26-19)7-4-8-21(16)33-3/h4-9,12-14,18,20,26H,10-11H2,1-3H3,(H,27,30)(H,28,29)(H,31,32)/t18-,20-/m0/s1. The zero-order valence-corrected chi connectivity index (χ0v) is 18.8. The van der Waals surface area contributed by atoms with Crippen LogP contribution in [0.2, 0.25) is 0 Å². The molecule has 2 atom stereocenters. The first-order valence-corrected chi connectivity index (χ1v) is 10.7. The maximum Gasteiger partial charge on any atom is 0.326 e. The van der Waals surface area contributed by atoms with E-state index in [0.717, 1.165) is 10.9 Å². The second kappa shape index (κ2) is 10.6. The number of carboxylic acid groups (broad SMARTS) is 1. The van der Waals surface area contributed by atoms with Gasteiger partial charge in [-0.25, -0.2) is 4.79 Å². The largest absolute Gasteiger partial charge is 0.496 e. The highest BCUT2D eigenvalue weighted by Gasteiger charge is 2.28. The van der Waals surface area contributed by atoms with Crippen LogP contribution in [0.4, 0.5) is 0 Å². The molecule has 2 amide bonds. The van der Waals surface area contributed by atoms with E-state index in [-0.39, 0.29) is 18.0 Å². The fourth-order valence-electron chi connectivity index (χ4n) is 3.59. The van der Waals surface area contributed by atoms with Gasteiger partial charge in [-0.1, -0.05) is 26.0 Å². The minimum Gasteiger partial charge on any atom is -0.496 e. The molecule has 0 spiro atoms. The van der Waals surface area contributed by atoms with Crippen LogP contribution in [0.15, 0.2) is 48.8 Å². The lowest BCUT2D eigenvalue weighted by Gasteiger charge is -2.22. The van der Waals surface area contributed by atoms with Crippen LogP contribution >= 0.6 is 0 Å². The van der Waals surface area contributed by atoms with Crippen LogP contribution in [-0.4, -0.2) is 52.1 Å². The zero-order valence-electron chi connectivity index (χ0n) is 18.8. The van der Waals surface area contributed by atoms with Crippen molar-refractivity contribution in [1.29, 1.82) is 0 Å². The summed E-state index contributed by atoms with van der Waals surface area (Å²) in [6.07, 6.45) is 3.57. The smallest absolute Gasteiger partial charge is 0.326 e. The number of rotatable bonds is 10. The van der Waals surface area contributed by atoms with Crippen LogP contribution in [0.3, 0.4) is 0 Å². The number of H-pyrrole nitrogens is 1. The molecule has 0 aliphatic carbocycles. The molecule has 0 saturated carbocycles. The molecular formula is C24H28N4O5. The van der Waals surface area contributed by atoms with Gasteiger partial charge in [-0.05, 0) is 42.2 Å². The predicted molar refractivity (Wildman–Crippen MR) is 123 cm³/mol. The van der Waals surface area contributed by atoms with E-state index in [0.29, 0.717) is 17.7 Å². The van der Waals surface area contributed by atoms with Crippen LogP contribution in [0.5, 0.6) is 5.75 Å². The van der Waals surface area contributed by atoms with Gasteiger partial charge in [-0.3, -0.25) is 14.6 Å². The summed E-state index contributed by atoms with van der Waals surface area (Å²) in [7, 11) is 1.55. The Balaban J connectivity index is 1.76. The topological polar surface area (TPSA) is 133 Å². The van der Waals surface area contributed by atoms with Gasteiger partial charge in [0.15, 0.2) is 0 Å². The number of hydrogen-bond donors (Lipinski definition) is 4. The number of fused-ring (bicyclic) bond motifs is 1. The van der Waals surface area contributed by atoms with Gasteiger partial charge in [0.1, 0.15) is 23.5 Å². The number of benzene rings is 1. The summed E-state index contributed by atoms with van der Waals surface area (Å²) in [6, 6.07) is 8.48. The van der Waals surface area contributed by atoms with Gasteiger partial charge < -0.3 is 25.5 Å². The van der Waals surface area contributed by atoms with Crippen molar-refractivity contribution >= 4 is 28.7 Å². The van der Waals surface area contributed by atoms with Gasteiger partial charge in [-0.2, -0.15) is 0 Å². The van der Waals surface area contributed by atoms with Gasteiger partial charge >= 0.3 is 5.97 Å². The molecule has 0 aliphatic rings.